The van der Waals surface area contributed by atoms with Gasteiger partial charge in [-0.3, -0.25) is 0 Å². The molecule has 2 nitrogen and oxygen atoms in total. The van der Waals surface area contributed by atoms with Crippen LogP contribution in [0.25, 0.3) is 10.1 Å². The third-order valence-electron chi connectivity index (χ3n) is 1.77. The average Bonchev–Trinajstić information content (AvgIpc) is 2.51. The summed E-state index contributed by atoms with van der Waals surface area (Å²) in [4.78, 5) is 0. The zero-order valence-electron chi connectivity index (χ0n) is 6.41. The minimum Gasteiger partial charge on any atom is -0.506 e. The molecule has 0 saturated carbocycles. The highest BCUT2D eigenvalue weighted by Crippen LogP contribution is 2.37. The maximum atomic E-state index is 9.45. The summed E-state index contributed by atoms with van der Waals surface area (Å²) in [6.45, 7) is 0. The molecule has 0 aliphatic carbocycles. The largest absolute Gasteiger partial charge is 0.506 e. The van der Waals surface area contributed by atoms with Gasteiger partial charge in [-0.05, 0) is 12.1 Å². The van der Waals surface area contributed by atoms with Gasteiger partial charge < -0.3 is 5.11 Å². The molecule has 1 heterocycles. The molecule has 2 rings (SSSR count). The number of halogens is 1. The molecule has 1 aromatic heterocycles. The number of nitrogens with zero attached hydrogens (tertiary/aromatic N) is 1. The first-order chi connectivity index (χ1) is 6.24. The van der Waals surface area contributed by atoms with Gasteiger partial charge in [-0.15, -0.1) is 11.3 Å². The summed E-state index contributed by atoms with van der Waals surface area (Å²) in [5.41, 5.74) is 0.457. The molecule has 1 aromatic carbocycles. The van der Waals surface area contributed by atoms with Crippen molar-refractivity contribution in [1.29, 1.82) is 5.26 Å². The molecule has 0 fully saturated rings. The van der Waals surface area contributed by atoms with Crippen molar-refractivity contribution < 1.29 is 5.11 Å². The minimum atomic E-state index is 0.124. The van der Waals surface area contributed by atoms with Gasteiger partial charge in [0.05, 0.1) is 26.7 Å². The van der Waals surface area contributed by atoms with E-state index in [4.69, 9.17) is 16.9 Å². The Morgan fingerprint density at radius 3 is 2.92 bits per heavy atom. The van der Waals surface area contributed by atoms with E-state index in [0.717, 1.165) is 4.70 Å². The van der Waals surface area contributed by atoms with Gasteiger partial charge in [-0.1, -0.05) is 11.6 Å². The summed E-state index contributed by atoms with van der Waals surface area (Å²) >= 11 is 7.23. The Hall–Kier alpha value is -1.24. The van der Waals surface area contributed by atoms with E-state index in [0.29, 0.717) is 16.0 Å². The van der Waals surface area contributed by atoms with E-state index in [-0.39, 0.29) is 5.75 Å². The van der Waals surface area contributed by atoms with E-state index in [9.17, 15) is 5.11 Å². The van der Waals surface area contributed by atoms with E-state index >= 15 is 0 Å². The monoisotopic (exact) mass is 209 g/mol. The molecule has 0 aliphatic heterocycles. The molecule has 0 aliphatic rings. The van der Waals surface area contributed by atoms with Crippen LogP contribution in [0.5, 0.6) is 5.75 Å². The van der Waals surface area contributed by atoms with Gasteiger partial charge >= 0.3 is 0 Å². The van der Waals surface area contributed by atoms with Crippen LogP contribution in [-0.2, 0) is 0 Å². The van der Waals surface area contributed by atoms with Crippen LogP contribution in [0.1, 0.15) is 5.56 Å². The van der Waals surface area contributed by atoms with Crippen molar-refractivity contribution in [3.63, 3.8) is 0 Å². The van der Waals surface area contributed by atoms with Crippen LogP contribution in [-0.4, -0.2) is 5.11 Å². The fraction of sp³-hybridized carbons (Fsp3) is 0. The Morgan fingerprint density at radius 2 is 2.23 bits per heavy atom. The van der Waals surface area contributed by atoms with Crippen LogP contribution in [0.2, 0.25) is 5.02 Å². The first-order valence-electron chi connectivity index (χ1n) is 3.53. The summed E-state index contributed by atoms with van der Waals surface area (Å²) in [5, 5.41) is 20.9. The van der Waals surface area contributed by atoms with Crippen molar-refractivity contribution in [1.82, 2.24) is 0 Å². The molecule has 0 radical (unpaired) electrons. The van der Waals surface area contributed by atoms with E-state index < -0.39 is 0 Å². The molecular weight excluding hydrogens is 206 g/mol. The second-order valence-corrected chi connectivity index (χ2v) is 3.82. The lowest BCUT2D eigenvalue weighted by Gasteiger charge is -1.95. The molecule has 0 saturated heterocycles. The Bertz CT molecular complexity index is 512. The molecule has 0 unspecified atom stereocenters. The summed E-state index contributed by atoms with van der Waals surface area (Å²) in [5.74, 6) is 0.124. The van der Waals surface area contributed by atoms with Crippen LogP contribution in [0.15, 0.2) is 17.5 Å². The third-order valence-corrected chi connectivity index (χ3v) is 3.20. The number of hydrogen-bond donors (Lipinski definition) is 1. The Kier molecular flexibility index (Phi) is 1.87. The van der Waals surface area contributed by atoms with Crippen molar-refractivity contribution in [2.24, 2.45) is 0 Å². The molecule has 0 bridgehead atoms. The number of benzene rings is 1. The SMILES string of the molecule is N#Cc1ccc(Cl)c2scc(O)c12. The van der Waals surface area contributed by atoms with Gasteiger partial charge in [0.25, 0.3) is 0 Å². The highest BCUT2D eigenvalue weighted by molar-refractivity contribution is 7.18. The van der Waals surface area contributed by atoms with Crippen molar-refractivity contribution >= 4 is 33.0 Å². The zero-order valence-corrected chi connectivity index (χ0v) is 7.99. The van der Waals surface area contributed by atoms with E-state index in [1.54, 1.807) is 17.5 Å². The van der Waals surface area contributed by atoms with Crippen molar-refractivity contribution in [3.05, 3.63) is 28.1 Å². The van der Waals surface area contributed by atoms with E-state index in [1.165, 1.54) is 11.3 Å². The number of fused-ring (bicyclic) bond motifs is 1. The van der Waals surface area contributed by atoms with Crippen molar-refractivity contribution in [2.75, 3.05) is 0 Å². The minimum absolute atomic E-state index is 0.124. The highest BCUT2D eigenvalue weighted by atomic mass is 35.5. The zero-order chi connectivity index (χ0) is 9.42. The number of rotatable bonds is 0. The average molecular weight is 210 g/mol. The molecule has 2 aromatic rings. The first-order valence-corrected chi connectivity index (χ1v) is 4.78. The van der Waals surface area contributed by atoms with Crippen molar-refractivity contribution in [3.8, 4) is 11.8 Å². The topological polar surface area (TPSA) is 44.0 Å². The smallest absolute Gasteiger partial charge is 0.135 e. The Morgan fingerprint density at radius 1 is 1.46 bits per heavy atom. The fourth-order valence-corrected chi connectivity index (χ4v) is 2.35. The van der Waals surface area contributed by atoms with Gasteiger partial charge in [0, 0.05) is 5.38 Å². The number of thiophene rings is 1. The van der Waals surface area contributed by atoms with Crippen LogP contribution in [0.3, 0.4) is 0 Å². The molecule has 0 atom stereocenters. The number of aromatic hydroxyl groups is 1. The van der Waals surface area contributed by atoms with Gasteiger partial charge in [0.2, 0.25) is 0 Å². The number of nitriles is 1. The second-order valence-electron chi connectivity index (χ2n) is 2.53. The second kappa shape index (κ2) is 2.91. The standard InChI is InChI=1S/C9H4ClNOS/c10-6-2-1-5(3-11)8-7(12)4-13-9(6)8/h1-2,4,12H. The summed E-state index contributed by atoms with van der Waals surface area (Å²) in [6.07, 6.45) is 0. The predicted molar refractivity (Wildman–Crippen MR) is 53.2 cm³/mol. The third kappa shape index (κ3) is 1.15. The quantitative estimate of drug-likeness (QED) is 0.725. The first kappa shape index (κ1) is 8.36. The molecule has 0 spiro atoms. The van der Waals surface area contributed by atoms with E-state index in [2.05, 4.69) is 0 Å². The van der Waals surface area contributed by atoms with Crippen LogP contribution in [0.4, 0.5) is 0 Å². The Labute approximate surface area is 83.6 Å². The normalized spacial score (nSPS) is 10.2. The molecule has 64 valence electrons. The van der Waals surface area contributed by atoms with Crippen LogP contribution in [0, 0.1) is 11.3 Å². The maximum absolute atomic E-state index is 9.45. The van der Waals surface area contributed by atoms with Gasteiger partial charge in [0.15, 0.2) is 0 Å². The molecule has 0 amide bonds. The molecule has 1 N–H and O–H groups in total. The summed E-state index contributed by atoms with van der Waals surface area (Å²) in [6, 6.07) is 5.29. The van der Waals surface area contributed by atoms with Crippen LogP contribution >= 0.6 is 22.9 Å². The lowest BCUT2D eigenvalue weighted by atomic mass is 10.1. The lowest BCUT2D eigenvalue weighted by molar-refractivity contribution is 0.483. The predicted octanol–water partition coefficient (Wildman–Crippen LogP) is 3.13. The Balaban J connectivity index is 2.99. The molecule has 13 heavy (non-hydrogen) atoms. The molecular formula is C9H4ClNOS. The van der Waals surface area contributed by atoms with Crippen molar-refractivity contribution in [2.45, 2.75) is 0 Å². The lowest BCUT2D eigenvalue weighted by Crippen LogP contribution is -1.75. The fourth-order valence-electron chi connectivity index (χ4n) is 1.19. The molecule has 4 heteroatoms. The maximum Gasteiger partial charge on any atom is 0.135 e. The van der Waals surface area contributed by atoms with Gasteiger partial charge in [-0.25, -0.2) is 0 Å². The number of hydrogen-bond acceptors (Lipinski definition) is 3. The summed E-state index contributed by atoms with van der Waals surface area (Å²) in [7, 11) is 0. The van der Waals surface area contributed by atoms with E-state index in [1.807, 2.05) is 6.07 Å². The summed E-state index contributed by atoms with van der Waals surface area (Å²) < 4.78 is 0.762. The highest BCUT2D eigenvalue weighted by Gasteiger charge is 2.10. The van der Waals surface area contributed by atoms with Crippen LogP contribution < -0.4 is 0 Å². The van der Waals surface area contributed by atoms with Gasteiger partial charge in [-0.2, -0.15) is 5.26 Å². The van der Waals surface area contributed by atoms with Gasteiger partial charge in [0.1, 0.15) is 5.75 Å².